The summed E-state index contributed by atoms with van der Waals surface area (Å²) in [5.41, 5.74) is 1.84. The molecule has 0 unspecified atom stereocenters. The molecule has 0 aliphatic carbocycles. The molecule has 3 aromatic rings. The second kappa shape index (κ2) is 4.83. The molecule has 3 rings (SSSR count). The van der Waals surface area contributed by atoms with Crippen molar-refractivity contribution in [2.24, 2.45) is 0 Å². The van der Waals surface area contributed by atoms with Crippen LogP contribution in [-0.2, 0) is 0 Å². The number of rotatable bonds is 2. The minimum absolute atomic E-state index is 0.125. The lowest BCUT2D eigenvalue weighted by molar-refractivity contribution is 0.373. The molecule has 1 aromatic heterocycles. The summed E-state index contributed by atoms with van der Waals surface area (Å²) in [6.45, 7) is 0. The van der Waals surface area contributed by atoms with Crippen LogP contribution < -0.4 is 4.74 Å². The molecule has 0 bridgehead atoms. The first kappa shape index (κ1) is 12.4. The third-order valence-corrected chi connectivity index (χ3v) is 4.34. The van der Waals surface area contributed by atoms with E-state index < -0.39 is 0 Å². The predicted octanol–water partition coefficient (Wildman–Crippen LogP) is 4.44. The van der Waals surface area contributed by atoms with Gasteiger partial charge in [0.1, 0.15) is 5.01 Å². The topological polar surface area (TPSA) is 42.4 Å². The molecular formula is C14H10BrNO2S. The molecule has 0 atom stereocenters. The van der Waals surface area contributed by atoms with Gasteiger partial charge in [0.2, 0.25) is 0 Å². The normalized spacial score (nSPS) is 10.8. The van der Waals surface area contributed by atoms with Crippen LogP contribution in [0.25, 0.3) is 20.8 Å². The quantitative estimate of drug-likeness (QED) is 0.752. The summed E-state index contributed by atoms with van der Waals surface area (Å²) in [5, 5.41) is 10.7. The highest BCUT2D eigenvalue weighted by Gasteiger charge is 2.09. The summed E-state index contributed by atoms with van der Waals surface area (Å²) in [5.74, 6) is 0.591. The fraction of sp³-hybridized carbons (Fsp3) is 0.0714. The van der Waals surface area contributed by atoms with Crippen molar-refractivity contribution >= 4 is 37.5 Å². The summed E-state index contributed by atoms with van der Waals surface area (Å²) in [6, 6.07) is 11.3. The Labute approximate surface area is 122 Å². The van der Waals surface area contributed by atoms with Gasteiger partial charge in [0.05, 0.1) is 17.3 Å². The van der Waals surface area contributed by atoms with E-state index in [9.17, 15) is 5.11 Å². The van der Waals surface area contributed by atoms with Crippen molar-refractivity contribution in [2.45, 2.75) is 0 Å². The van der Waals surface area contributed by atoms with Gasteiger partial charge in [0, 0.05) is 10.0 Å². The Bertz CT molecular complexity index is 754. The number of halogens is 1. The molecular weight excluding hydrogens is 326 g/mol. The molecule has 5 heteroatoms. The van der Waals surface area contributed by atoms with E-state index in [0.29, 0.717) is 5.75 Å². The first-order valence-corrected chi connectivity index (χ1v) is 7.22. The van der Waals surface area contributed by atoms with Gasteiger partial charge in [-0.15, -0.1) is 11.3 Å². The molecule has 1 heterocycles. The number of aromatic hydroxyl groups is 1. The van der Waals surface area contributed by atoms with Gasteiger partial charge in [-0.1, -0.05) is 15.9 Å². The Morgan fingerprint density at radius 2 is 2.05 bits per heavy atom. The molecule has 0 saturated heterocycles. The summed E-state index contributed by atoms with van der Waals surface area (Å²) >= 11 is 5.04. The zero-order valence-electron chi connectivity index (χ0n) is 10.1. The maximum absolute atomic E-state index is 9.82. The standard InChI is InChI=1S/C14H10BrNO2S/c1-18-12-5-2-8(6-11(12)17)14-16-10-4-3-9(15)7-13(10)19-14/h2-7,17H,1H3. The zero-order chi connectivity index (χ0) is 13.4. The highest BCUT2D eigenvalue weighted by Crippen LogP contribution is 2.35. The number of phenolic OH excluding ortho intramolecular Hbond substituents is 1. The van der Waals surface area contributed by atoms with E-state index in [0.717, 1.165) is 25.3 Å². The maximum atomic E-state index is 9.82. The summed E-state index contributed by atoms with van der Waals surface area (Å²) in [7, 11) is 1.53. The molecule has 96 valence electrons. The molecule has 2 aromatic carbocycles. The van der Waals surface area contributed by atoms with E-state index in [1.165, 1.54) is 7.11 Å². The number of nitrogens with zero attached hydrogens (tertiary/aromatic N) is 1. The number of aromatic nitrogens is 1. The molecule has 0 amide bonds. The van der Waals surface area contributed by atoms with Gasteiger partial charge in [-0.05, 0) is 36.4 Å². The van der Waals surface area contributed by atoms with Crippen LogP contribution in [0, 0.1) is 0 Å². The number of methoxy groups -OCH3 is 1. The summed E-state index contributed by atoms with van der Waals surface area (Å²) in [4.78, 5) is 4.57. The van der Waals surface area contributed by atoms with Gasteiger partial charge in [0.25, 0.3) is 0 Å². The van der Waals surface area contributed by atoms with Crippen LogP contribution in [0.15, 0.2) is 40.9 Å². The van der Waals surface area contributed by atoms with Gasteiger partial charge in [-0.25, -0.2) is 4.98 Å². The Kier molecular flexibility index (Phi) is 3.16. The number of fused-ring (bicyclic) bond motifs is 1. The van der Waals surface area contributed by atoms with Crippen LogP contribution in [0.1, 0.15) is 0 Å². The molecule has 3 nitrogen and oxygen atoms in total. The monoisotopic (exact) mass is 335 g/mol. The Balaban J connectivity index is 2.11. The highest BCUT2D eigenvalue weighted by molar-refractivity contribution is 9.10. The molecule has 0 saturated carbocycles. The van der Waals surface area contributed by atoms with Crippen LogP contribution in [0.4, 0.5) is 0 Å². The fourth-order valence-corrected chi connectivity index (χ4v) is 3.36. The van der Waals surface area contributed by atoms with Crippen LogP contribution in [-0.4, -0.2) is 17.2 Å². The van der Waals surface area contributed by atoms with E-state index in [-0.39, 0.29) is 5.75 Å². The third-order valence-electron chi connectivity index (χ3n) is 2.78. The lowest BCUT2D eigenvalue weighted by Crippen LogP contribution is -1.84. The number of hydrogen-bond donors (Lipinski definition) is 1. The lowest BCUT2D eigenvalue weighted by Gasteiger charge is -2.03. The van der Waals surface area contributed by atoms with Crippen molar-refractivity contribution < 1.29 is 9.84 Å². The van der Waals surface area contributed by atoms with Gasteiger partial charge in [-0.2, -0.15) is 0 Å². The zero-order valence-corrected chi connectivity index (χ0v) is 12.5. The van der Waals surface area contributed by atoms with Crippen LogP contribution in [0.2, 0.25) is 0 Å². The summed E-state index contributed by atoms with van der Waals surface area (Å²) in [6.07, 6.45) is 0. The average molecular weight is 336 g/mol. The van der Waals surface area contributed by atoms with Crippen LogP contribution in [0.5, 0.6) is 11.5 Å². The number of ether oxygens (including phenoxy) is 1. The smallest absolute Gasteiger partial charge is 0.160 e. The van der Waals surface area contributed by atoms with E-state index in [1.807, 2.05) is 24.3 Å². The maximum Gasteiger partial charge on any atom is 0.160 e. The second-order valence-corrected chi connectivity index (χ2v) is 5.96. The minimum atomic E-state index is 0.125. The largest absolute Gasteiger partial charge is 0.504 e. The molecule has 0 aliphatic rings. The van der Waals surface area contributed by atoms with Gasteiger partial charge < -0.3 is 9.84 Å². The van der Waals surface area contributed by atoms with Crippen molar-refractivity contribution in [1.82, 2.24) is 4.98 Å². The number of thiazole rings is 1. The van der Waals surface area contributed by atoms with Crippen molar-refractivity contribution in [3.63, 3.8) is 0 Å². The second-order valence-electron chi connectivity index (χ2n) is 4.02. The molecule has 0 spiro atoms. The Morgan fingerprint density at radius 1 is 1.21 bits per heavy atom. The highest BCUT2D eigenvalue weighted by atomic mass is 79.9. The van der Waals surface area contributed by atoms with Gasteiger partial charge in [-0.3, -0.25) is 0 Å². The first-order valence-electron chi connectivity index (χ1n) is 5.61. The molecule has 0 radical (unpaired) electrons. The Morgan fingerprint density at radius 3 is 2.79 bits per heavy atom. The molecule has 0 aliphatic heterocycles. The molecule has 19 heavy (non-hydrogen) atoms. The molecule has 1 N–H and O–H groups in total. The van der Waals surface area contributed by atoms with Crippen LogP contribution >= 0.6 is 27.3 Å². The minimum Gasteiger partial charge on any atom is -0.504 e. The van der Waals surface area contributed by atoms with E-state index in [1.54, 1.807) is 23.5 Å². The third kappa shape index (κ3) is 2.31. The van der Waals surface area contributed by atoms with Crippen LogP contribution in [0.3, 0.4) is 0 Å². The van der Waals surface area contributed by atoms with Crippen molar-refractivity contribution in [1.29, 1.82) is 0 Å². The number of phenols is 1. The van der Waals surface area contributed by atoms with Gasteiger partial charge in [0.15, 0.2) is 11.5 Å². The summed E-state index contributed by atoms with van der Waals surface area (Å²) < 4.78 is 7.18. The van der Waals surface area contributed by atoms with Crippen molar-refractivity contribution in [2.75, 3.05) is 7.11 Å². The van der Waals surface area contributed by atoms with Crippen molar-refractivity contribution in [3.05, 3.63) is 40.9 Å². The van der Waals surface area contributed by atoms with E-state index in [4.69, 9.17) is 4.74 Å². The Hall–Kier alpha value is -1.59. The molecule has 0 fully saturated rings. The lowest BCUT2D eigenvalue weighted by atomic mass is 10.2. The average Bonchev–Trinajstić information content (AvgIpc) is 2.81. The number of benzene rings is 2. The predicted molar refractivity (Wildman–Crippen MR) is 81.0 cm³/mol. The first-order chi connectivity index (χ1) is 9.17. The SMILES string of the molecule is COc1ccc(-c2nc3ccc(Br)cc3s2)cc1O. The van der Waals surface area contributed by atoms with E-state index >= 15 is 0 Å². The van der Waals surface area contributed by atoms with Gasteiger partial charge >= 0.3 is 0 Å². The van der Waals surface area contributed by atoms with E-state index in [2.05, 4.69) is 20.9 Å². The van der Waals surface area contributed by atoms with Crippen molar-refractivity contribution in [3.8, 4) is 22.1 Å². The fourth-order valence-electron chi connectivity index (χ4n) is 1.84. The number of hydrogen-bond acceptors (Lipinski definition) is 4.